The molecule has 0 fully saturated rings. The zero-order valence-corrected chi connectivity index (χ0v) is 14.9. The lowest BCUT2D eigenvalue weighted by Crippen LogP contribution is -2.14. The molecule has 0 aliphatic heterocycles. The number of hydrogen-bond donors (Lipinski definition) is 1. The maximum Gasteiger partial charge on any atom is 0.228 e. The molecule has 3 aromatic carbocycles. The second-order valence-corrected chi connectivity index (χ2v) is 6.09. The van der Waals surface area contributed by atoms with Gasteiger partial charge in [-0.1, -0.05) is 36.4 Å². The van der Waals surface area contributed by atoms with Crippen molar-refractivity contribution in [1.29, 1.82) is 0 Å². The van der Waals surface area contributed by atoms with E-state index in [0.717, 1.165) is 17.0 Å². The Morgan fingerprint density at radius 1 is 0.929 bits per heavy atom. The summed E-state index contributed by atoms with van der Waals surface area (Å²) in [5.41, 5.74) is 2.41. The molecule has 1 N–H and O–H groups in total. The van der Waals surface area contributed by atoms with E-state index in [-0.39, 0.29) is 12.3 Å². The quantitative estimate of drug-likeness (QED) is 0.560. The Hall–Kier alpha value is -4.00. The molecule has 1 heterocycles. The van der Waals surface area contributed by atoms with Crippen molar-refractivity contribution < 1.29 is 9.53 Å². The van der Waals surface area contributed by atoms with E-state index in [4.69, 9.17) is 4.74 Å². The highest BCUT2D eigenvalue weighted by atomic mass is 16.5. The first kappa shape index (κ1) is 17.4. The lowest BCUT2D eigenvalue weighted by molar-refractivity contribution is -0.115. The van der Waals surface area contributed by atoms with E-state index in [1.54, 1.807) is 10.7 Å². The third-order valence-electron chi connectivity index (χ3n) is 4.01. The first-order valence-corrected chi connectivity index (χ1v) is 8.71. The molecule has 1 aromatic heterocycles. The molecule has 0 bridgehead atoms. The number of nitrogens with one attached hydrogen (secondary N) is 1. The summed E-state index contributed by atoms with van der Waals surface area (Å²) in [5.74, 6) is 1.30. The van der Waals surface area contributed by atoms with E-state index in [2.05, 4.69) is 20.8 Å². The van der Waals surface area contributed by atoms with Gasteiger partial charge in [0.25, 0.3) is 0 Å². The van der Waals surface area contributed by atoms with Crippen LogP contribution in [0.5, 0.6) is 11.5 Å². The maximum atomic E-state index is 12.4. The second-order valence-electron chi connectivity index (χ2n) is 6.09. The highest BCUT2D eigenvalue weighted by Gasteiger charge is 2.06. The highest BCUT2D eigenvalue weighted by molar-refractivity contribution is 5.92. The Kier molecular flexibility index (Phi) is 5.06. The van der Waals surface area contributed by atoms with E-state index in [1.807, 2.05) is 72.8 Å². The second kappa shape index (κ2) is 8.13. The van der Waals surface area contributed by atoms with Gasteiger partial charge in [-0.2, -0.15) is 0 Å². The van der Waals surface area contributed by atoms with Gasteiger partial charge in [0, 0.05) is 11.8 Å². The fourth-order valence-corrected chi connectivity index (χ4v) is 2.70. The number of benzene rings is 3. The van der Waals surface area contributed by atoms with Gasteiger partial charge in [0.1, 0.15) is 17.8 Å². The summed E-state index contributed by atoms with van der Waals surface area (Å²) in [6, 6.07) is 24.3. The molecule has 0 spiro atoms. The zero-order valence-electron chi connectivity index (χ0n) is 14.9. The number of carbonyl (C=O) groups excluding carboxylic acids is 1. The predicted octanol–water partition coefficient (Wildman–Crippen LogP) is 3.64. The zero-order chi connectivity index (χ0) is 19.2. The van der Waals surface area contributed by atoms with Crippen LogP contribution in [0.4, 0.5) is 5.69 Å². The van der Waals surface area contributed by atoms with Gasteiger partial charge in [-0.05, 0) is 52.4 Å². The van der Waals surface area contributed by atoms with E-state index in [0.29, 0.717) is 11.4 Å². The minimum Gasteiger partial charge on any atom is -0.457 e. The smallest absolute Gasteiger partial charge is 0.228 e. The topological polar surface area (TPSA) is 81.9 Å². The van der Waals surface area contributed by atoms with Crippen molar-refractivity contribution in [1.82, 2.24) is 20.2 Å². The van der Waals surface area contributed by atoms with E-state index in [9.17, 15) is 4.79 Å². The van der Waals surface area contributed by atoms with Crippen LogP contribution in [0.2, 0.25) is 0 Å². The first-order valence-electron chi connectivity index (χ1n) is 8.71. The van der Waals surface area contributed by atoms with Crippen molar-refractivity contribution in [3.63, 3.8) is 0 Å². The van der Waals surface area contributed by atoms with Gasteiger partial charge in [-0.3, -0.25) is 4.79 Å². The summed E-state index contributed by atoms with van der Waals surface area (Å²) in [5, 5.41) is 14.0. The SMILES string of the molecule is O=C(Cc1ccc(-n2cnnn2)cc1)Nc1cccc(Oc2ccccc2)c1. The van der Waals surface area contributed by atoms with Crippen molar-refractivity contribution in [3.8, 4) is 17.2 Å². The number of ether oxygens (including phenoxy) is 1. The summed E-state index contributed by atoms with van der Waals surface area (Å²) in [7, 11) is 0. The molecule has 0 aliphatic carbocycles. The van der Waals surface area contributed by atoms with Crippen LogP contribution in [0.25, 0.3) is 5.69 Å². The molecule has 4 rings (SSSR count). The molecule has 0 radical (unpaired) electrons. The molecule has 28 heavy (non-hydrogen) atoms. The first-order chi connectivity index (χ1) is 13.8. The molecule has 1 amide bonds. The Balaban J connectivity index is 1.38. The number of tetrazole rings is 1. The summed E-state index contributed by atoms with van der Waals surface area (Å²) >= 11 is 0. The third kappa shape index (κ3) is 4.39. The summed E-state index contributed by atoms with van der Waals surface area (Å²) < 4.78 is 7.36. The van der Waals surface area contributed by atoms with Gasteiger partial charge in [0.15, 0.2) is 0 Å². The average Bonchev–Trinajstić information content (AvgIpc) is 3.24. The molecule has 0 atom stereocenters. The van der Waals surface area contributed by atoms with Gasteiger partial charge >= 0.3 is 0 Å². The number of carbonyl (C=O) groups is 1. The fraction of sp³-hybridized carbons (Fsp3) is 0.0476. The molecular formula is C21H17N5O2. The Morgan fingerprint density at radius 2 is 1.71 bits per heavy atom. The van der Waals surface area contributed by atoms with E-state index < -0.39 is 0 Å². The molecular weight excluding hydrogens is 354 g/mol. The Morgan fingerprint density at radius 3 is 2.46 bits per heavy atom. The standard InChI is InChI=1S/C21H17N5O2/c27-21(13-16-9-11-18(12-10-16)26-15-22-24-25-26)23-17-5-4-8-20(14-17)28-19-6-2-1-3-7-19/h1-12,14-15H,13H2,(H,23,27). The fourth-order valence-electron chi connectivity index (χ4n) is 2.70. The lowest BCUT2D eigenvalue weighted by Gasteiger charge is -2.09. The average molecular weight is 371 g/mol. The number of anilines is 1. The molecule has 7 nitrogen and oxygen atoms in total. The molecule has 0 unspecified atom stereocenters. The van der Waals surface area contributed by atoms with Gasteiger partial charge in [0.2, 0.25) is 5.91 Å². The van der Waals surface area contributed by atoms with Gasteiger partial charge < -0.3 is 10.1 Å². The van der Waals surface area contributed by atoms with Crippen LogP contribution >= 0.6 is 0 Å². The summed E-state index contributed by atoms with van der Waals surface area (Å²) in [4.78, 5) is 12.4. The van der Waals surface area contributed by atoms with Gasteiger partial charge in [0.05, 0.1) is 12.1 Å². The number of rotatable bonds is 6. The Labute approximate surface area is 161 Å². The van der Waals surface area contributed by atoms with Gasteiger partial charge in [-0.15, -0.1) is 5.10 Å². The van der Waals surface area contributed by atoms with Crippen LogP contribution in [0, 0.1) is 0 Å². The van der Waals surface area contributed by atoms with E-state index in [1.165, 1.54) is 6.33 Å². The predicted molar refractivity (Wildman–Crippen MR) is 104 cm³/mol. The van der Waals surface area contributed by atoms with Crippen LogP contribution in [-0.2, 0) is 11.2 Å². The maximum absolute atomic E-state index is 12.4. The normalized spacial score (nSPS) is 10.4. The number of aromatic nitrogens is 4. The number of hydrogen-bond acceptors (Lipinski definition) is 5. The van der Waals surface area contributed by atoms with Crippen molar-refractivity contribution in [3.05, 3.63) is 90.8 Å². The van der Waals surface area contributed by atoms with Gasteiger partial charge in [-0.25, -0.2) is 4.68 Å². The van der Waals surface area contributed by atoms with Crippen LogP contribution in [0.3, 0.4) is 0 Å². The molecule has 0 saturated carbocycles. The number of nitrogens with zero attached hydrogens (tertiary/aromatic N) is 4. The lowest BCUT2D eigenvalue weighted by atomic mass is 10.1. The van der Waals surface area contributed by atoms with Crippen molar-refractivity contribution in [2.75, 3.05) is 5.32 Å². The molecule has 4 aromatic rings. The monoisotopic (exact) mass is 371 g/mol. The largest absolute Gasteiger partial charge is 0.457 e. The Bertz CT molecular complexity index is 1050. The number of amides is 1. The minimum absolute atomic E-state index is 0.105. The molecule has 0 aliphatic rings. The van der Waals surface area contributed by atoms with Crippen LogP contribution in [-0.4, -0.2) is 26.1 Å². The molecule has 138 valence electrons. The van der Waals surface area contributed by atoms with Crippen LogP contribution in [0.15, 0.2) is 85.2 Å². The summed E-state index contributed by atoms with van der Waals surface area (Å²) in [6.45, 7) is 0. The molecule has 0 saturated heterocycles. The van der Waals surface area contributed by atoms with Crippen molar-refractivity contribution in [2.24, 2.45) is 0 Å². The van der Waals surface area contributed by atoms with Crippen LogP contribution < -0.4 is 10.1 Å². The van der Waals surface area contributed by atoms with Crippen LogP contribution in [0.1, 0.15) is 5.56 Å². The third-order valence-corrected chi connectivity index (χ3v) is 4.01. The highest BCUT2D eigenvalue weighted by Crippen LogP contribution is 2.24. The van der Waals surface area contributed by atoms with Crippen molar-refractivity contribution in [2.45, 2.75) is 6.42 Å². The summed E-state index contributed by atoms with van der Waals surface area (Å²) in [6.07, 6.45) is 1.78. The minimum atomic E-state index is -0.105. The van der Waals surface area contributed by atoms with E-state index >= 15 is 0 Å². The number of para-hydroxylation sites is 1. The molecule has 7 heteroatoms. The van der Waals surface area contributed by atoms with Crippen molar-refractivity contribution >= 4 is 11.6 Å².